The van der Waals surface area contributed by atoms with E-state index in [2.05, 4.69) is 4.74 Å². The molecule has 0 unspecified atom stereocenters. The lowest BCUT2D eigenvalue weighted by atomic mass is 10.0. The highest BCUT2D eigenvalue weighted by Crippen LogP contribution is 2.26. The highest BCUT2D eigenvalue weighted by molar-refractivity contribution is 6.30. The zero-order valence-corrected chi connectivity index (χ0v) is 9.39. The van der Waals surface area contributed by atoms with Gasteiger partial charge in [0.2, 0.25) is 0 Å². The molecule has 0 saturated carbocycles. The summed E-state index contributed by atoms with van der Waals surface area (Å²) in [6.07, 6.45) is 0.669. The SMILES string of the molecule is CC(C)Cc1cc(Cl)ccc1OC(F)F. The third-order valence-electron chi connectivity index (χ3n) is 1.87. The summed E-state index contributed by atoms with van der Waals surface area (Å²) in [5, 5.41) is 0.535. The molecule has 0 atom stereocenters. The fourth-order valence-electron chi connectivity index (χ4n) is 1.36. The van der Waals surface area contributed by atoms with E-state index in [9.17, 15) is 8.78 Å². The summed E-state index contributed by atoms with van der Waals surface area (Å²) in [6, 6.07) is 4.69. The Hall–Kier alpha value is -0.830. The number of rotatable bonds is 4. The van der Waals surface area contributed by atoms with Crippen LogP contribution in [0, 0.1) is 5.92 Å². The fraction of sp³-hybridized carbons (Fsp3) is 0.455. The number of halogens is 3. The molecule has 0 heterocycles. The van der Waals surface area contributed by atoms with Crippen LogP contribution in [0.4, 0.5) is 8.78 Å². The van der Waals surface area contributed by atoms with E-state index < -0.39 is 6.61 Å². The van der Waals surface area contributed by atoms with E-state index in [0.29, 0.717) is 17.4 Å². The average Bonchev–Trinajstić information content (AvgIpc) is 2.08. The van der Waals surface area contributed by atoms with E-state index >= 15 is 0 Å². The summed E-state index contributed by atoms with van der Waals surface area (Å²) < 4.78 is 28.6. The average molecular weight is 235 g/mol. The summed E-state index contributed by atoms with van der Waals surface area (Å²) >= 11 is 5.79. The molecule has 1 rings (SSSR count). The fourth-order valence-corrected chi connectivity index (χ4v) is 1.55. The Morgan fingerprint density at radius 3 is 2.53 bits per heavy atom. The van der Waals surface area contributed by atoms with Crippen LogP contribution in [-0.2, 0) is 6.42 Å². The van der Waals surface area contributed by atoms with Crippen LogP contribution < -0.4 is 4.74 Å². The minimum atomic E-state index is -2.79. The van der Waals surface area contributed by atoms with Crippen LogP contribution in [0.2, 0.25) is 5.02 Å². The van der Waals surface area contributed by atoms with E-state index in [1.54, 1.807) is 12.1 Å². The molecule has 15 heavy (non-hydrogen) atoms. The molecular formula is C11H13ClF2O. The van der Waals surface area contributed by atoms with Gasteiger partial charge in [-0.1, -0.05) is 25.4 Å². The normalized spacial score (nSPS) is 11.1. The van der Waals surface area contributed by atoms with Gasteiger partial charge in [0.1, 0.15) is 5.75 Å². The second-order valence-corrected chi connectivity index (χ2v) is 4.16. The first-order chi connectivity index (χ1) is 6.99. The standard InChI is InChI=1S/C11H13ClF2O/c1-7(2)5-8-6-9(12)3-4-10(8)15-11(13)14/h3-4,6-7,11H,5H2,1-2H3. The maximum absolute atomic E-state index is 12.1. The van der Waals surface area contributed by atoms with Crippen molar-refractivity contribution in [2.45, 2.75) is 26.9 Å². The van der Waals surface area contributed by atoms with Crippen LogP contribution >= 0.6 is 11.6 Å². The second-order valence-electron chi connectivity index (χ2n) is 3.73. The Morgan fingerprint density at radius 1 is 1.33 bits per heavy atom. The van der Waals surface area contributed by atoms with Crippen molar-refractivity contribution in [3.63, 3.8) is 0 Å². The molecule has 1 nitrogen and oxygen atoms in total. The van der Waals surface area contributed by atoms with Gasteiger partial charge in [-0.2, -0.15) is 8.78 Å². The number of ether oxygens (including phenoxy) is 1. The molecule has 0 aromatic heterocycles. The highest BCUT2D eigenvalue weighted by Gasteiger charge is 2.11. The summed E-state index contributed by atoms with van der Waals surface area (Å²) in [7, 11) is 0. The zero-order valence-electron chi connectivity index (χ0n) is 8.64. The maximum atomic E-state index is 12.1. The first kappa shape index (κ1) is 12.2. The molecule has 0 bridgehead atoms. The summed E-state index contributed by atoms with van der Waals surface area (Å²) in [4.78, 5) is 0. The van der Waals surface area contributed by atoms with Crippen LogP contribution in [0.3, 0.4) is 0 Å². The van der Waals surface area contributed by atoms with Crippen molar-refractivity contribution in [1.29, 1.82) is 0 Å². The van der Waals surface area contributed by atoms with Crippen molar-refractivity contribution < 1.29 is 13.5 Å². The molecule has 0 aliphatic heterocycles. The molecular weight excluding hydrogens is 222 g/mol. The minimum absolute atomic E-state index is 0.211. The predicted octanol–water partition coefficient (Wildman–Crippen LogP) is 4.14. The number of benzene rings is 1. The van der Waals surface area contributed by atoms with Crippen LogP contribution in [0.25, 0.3) is 0 Å². The van der Waals surface area contributed by atoms with Crippen LogP contribution in [0.1, 0.15) is 19.4 Å². The third kappa shape index (κ3) is 4.04. The molecule has 0 aliphatic rings. The molecule has 1 aromatic rings. The monoisotopic (exact) mass is 234 g/mol. The lowest BCUT2D eigenvalue weighted by Crippen LogP contribution is -2.06. The highest BCUT2D eigenvalue weighted by atomic mass is 35.5. The number of alkyl halides is 2. The first-order valence-corrected chi connectivity index (χ1v) is 5.10. The predicted molar refractivity (Wildman–Crippen MR) is 56.6 cm³/mol. The van der Waals surface area contributed by atoms with E-state index in [0.717, 1.165) is 5.56 Å². The van der Waals surface area contributed by atoms with E-state index in [1.807, 2.05) is 13.8 Å². The van der Waals surface area contributed by atoms with E-state index in [4.69, 9.17) is 11.6 Å². The van der Waals surface area contributed by atoms with Crippen molar-refractivity contribution in [2.75, 3.05) is 0 Å². The molecule has 0 radical (unpaired) electrons. The van der Waals surface area contributed by atoms with E-state index in [-0.39, 0.29) is 5.75 Å². The van der Waals surface area contributed by atoms with Gasteiger partial charge in [0, 0.05) is 5.02 Å². The van der Waals surface area contributed by atoms with Gasteiger partial charge in [-0.3, -0.25) is 0 Å². The van der Waals surface area contributed by atoms with Crippen molar-refractivity contribution in [2.24, 2.45) is 5.92 Å². The van der Waals surface area contributed by atoms with Crippen molar-refractivity contribution in [3.05, 3.63) is 28.8 Å². The molecule has 0 saturated heterocycles. The van der Waals surface area contributed by atoms with Gasteiger partial charge < -0.3 is 4.74 Å². The summed E-state index contributed by atoms with van der Waals surface area (Å²) in [5.74, 6) is 0.576. The van der Waals surface area contributed by atoms with Gasteiger partial charge in [0.15, 0.2) is 0 Å². The van der Waals surface area contributed by atoms with Gasteiger partial charge in [-0.05, 0) is 36.1 Å². The quantitative estimate of drug-likeness (QED) is 0.761. The molecule has 1 aromatic carbocycles. The summed E-state index contributed by atoms with van der Waals surface area (Å²) in [5.41, 5.74) is 0.720. The molecule has 0 aliphatic carbocycles. The Morgan fingerprint density at radius 2 is 2.00 bits per heavy atom. The van der Waals surface area contributed by atoms with Crippen molar-refractivity contribution in [3.8, 4) is 5.75 Å². The van der Waals surface area contributed by atoms with Gasteiger partial charge in [0.05, 0.1) is 0 Å². The van der Waals surface area contributed by atoms with Crippen LogP contribution in [0.15, 0.2) is 18.2 Å². The minimum Gasteiger partial charge on any atom is -0.435 e. The second kappa shape index (κ2) is 5.31. The topological polar surface area (TPSA) is 9.23 Å². The van der Waals surface area contributed by atoms with Gasteiger partial charge in [-0.25, -0.2) is 0 Å². The van der Waals surface area contributed by atoms with Crippen LogP contribution in [0.5, 0.6) is 5.75 Å². The van der Waals surface area contributed by atoms with Gasteiger partial charge in [-0.15, -0.1) is 0 Å². The molecule has 84 valence electrons. The Kier molecular flexibility index (Phi) is 4.33. The van der Waals surface area contributed by atoms with E-state index in [1.165, 1.54) is 6.07 Å². The molecule has 0 N–H and O–H groups in total. The van der Waals surface area contributed by atoms with Gasteiger partial charge >= 0.3 is 6.61 Å². The smallest absolute Gasteiger partial charge is 0.387 e. The Labute approximate surface area is 93.0 Å². The van der Waals surface area contributed by atoms with Gasteiger partial charge in [0.25, 0.3) is 0 Å². The largest absolute Gasteiger partial charge is 0.435 e. The number of hydrogen-bond acceptors (Lipinski definition) is 1. The third-order valence-corrected chi connectivity index (χ3v) is 2.10. The zero-order chi connectivity index (χ0) is 11.4. The van der Waals surface area contributed by atoms with Crippen molar-refractivity contribution >= 4 is 11.6 Å². The molecule has 0 fully saturated rings. The summed E-state index contributed by atoms with van der Waals surface area (Å²) in [6.45, 7) is 1.22. The first-order valence-electron chi connectivity index (χ1n) is 4.72. The lowest BCUT2D eigenvalue weighted by Gasteiger charge is -2.12. The Bertz CT molecular complexity index is 326. The van der Waals surface area contributed by atoms with Crippen molar-refractivity contribution in [1.82, 2.24) is 0 Å². The molecule has 4 heteroatoms. The molecule has 0 amide bonds. The molecule has 0 spiro atoms. The lowest BCUT2D eigenvalue weighted by molar-refractivity contribution is -0.0505. The maximum Gasteiger partial charge on any atom is 0.387 e. The Balaban J connectivity index is 2.92. The van der Waals surface area contributed by atoms with Crippen LogP contribution in [-0.4, -0.2) is 6.61 Å². The number of hydrogen-bond donors (Lipinski definition) is 0.